The first-order valence-electron chi connectivity index (χ1n) is 9.41. The third-order valence-corrected chi connectivity index (χ3v) is 5.99. The number of nitrogen functional groups attached to an aromatic ring is 1. The number of nitrogens with zero attached hydrogens (tertiary/aromatic N) is 1. The molecule has 0 aliphatic rings. The number of anilines is 2. The molecule has 1 atom stereocenters. The van der Waals surface area contributed by atoms with E-state index in [1.54, 1.807) is 0 Å². The predicted molar refractivity (Wildman–Crippen MR) is 120 cm³/mol. The summed E-state index contributed by atoms with van der Waals surface area (Å²) in [6, 6.07) is 22.1. The molecule has 0 saturated heterocycles. The van der Waals surface area contributed by atoms with E-state index in [0.29, 0.717) is 5.69 Å². The Balaban J connectivity index is 1.59. The van der Waals surface area contributed by atoms with Crippen LogP contribution < -0.4 is 11.1 Å². The third kappa shape index (κ3) is 3.45. The first-order valence-corrected chi connectivity index (χ1v) is 10.3. The number of aromatic nitrogens is 1. The standard InChI is InChI=1S/C23H23N3OS/c1-3-26-21-10-5-4-9-19(21)20-14-17(11-12-22(20)26)25-23(27)15(2)28-18-8-6-7-16(24)13-18/h4-15H,3,24H2,1-2H3,(H,25,27). The van der Waals surface area contributed by atoms with Gasteiger partial charge in [0, 0.05) is 44.6 Å². The third-order valence-electron chi connectivity index (χ3n) is 4.90. The van der Waals surface area contributed by atoms with Crippen LogP contribution in [0.4, 0.5) is 11.4 Å². The van der Waals surface area contributed by atoms with Gasteiger partial charge in [-0.2, -0.15) is 0 Å². The highest BCUT2D eigenvalue weighted by Crippen LogP contribution is 2.31. The minimum atomic E-state index is -0.227. The predicted octanol–water partition coefficient (Wildman–Crippen LogP) is 5.52. The van der Waals surface area contributed by atoms with Gasteiger partial charge >= 0.3 is 0 Å². The van der Waals surface area contributed by atoms with Crippen molar-refractivity contribution in [3.63, 3.8) is 0 Å². The van der Waals surface area contributed by atoms with E-state index in [2.05, 4.69) is 53.2 Å². The van der Waals surface area contributed by atoms with E-state index in [1.807, 2.05) is 37.3 Å². The van der Waals surface area contributed by atoms with Crippen molar-refractivity contribution in [2.45, 2.75) is 30.5 Å². The highest BCUT2D eigenvalue weighted by atomic mass is 32.2. The van der Waals surface area contributed by atoms with Crippen molar-refractivity contribution in [3.8, 4) is 0 Å². The van der Waals surface area contributed by atoms with Gasteiger partial charge in [-0.1, -0.05) is 24.3 Å². The van der Waals surface area contributed by atoms with Crippen LogP contribution in [0.25, 0.3) is 21.8 Å². The maximum absolute atomic E-state index is 12.7. The molecule has 1 unspecified atom stereocenters. The van der Waals surface area contributed by atoms with E-state index in [-0.39, 0.29) is 11.2 Å². The summed E-state index contributed by atoms with van der Waals surface area (Å²) in [5.41, 5.74) is 9.75. The van der Waals surface area contributed by atoms with Gasteiger partial charge in [-0.05, 0) is 56.3 Å². The lowest BCUT2D eigenvalue weighted by Crippen LogP contribution is -2.22. The molecule has 0 bridgehead atoms. The molecule has 0 aliphatic carbocycles. The Morgan fingerprint density at radius 2 is 1.82 bits per heavy atom. The number of fused-ring (bicyclic) bond motifs is 3. The number of thioether (sulfide) groups is 1. The lowest BCUT2D eigenvalue weighted by Gasteiger charge is -2.13. The summed E-state index contributed by atoms with van der Waals surface area (Å²) in [6.07, 6.45) is 0. The van der Waals surface area contributed by atoms with Crippen LogP contribution >= 0.6 is 11.8 Å². The summed E-state index contributed by atoms with van der Waals surface area (Å²) in [5, 5.41) is 5.20. The number of para-hydroxylation sites is 1. The molecule has 1 aromatic heterocycles. The van der Waals surface area contributed by atoms with E-state index >= 15 is 0 Å². The largest absolute Gasteiger partial charge is 0.399 e. The monoisotopic (exact) mass is 389 g/mol. The Labute approximate surface area is 168 Å². The number of hydrogen-bond acceptors (Lipinski definition) is 3. The lowest BCUT2D eigenvalue weighted by atomic mass is 10.1. The second kappa shape index (κ2) is 7.60. The molecule has 1 amide bonds. The quantitative estimate of drug-likeness (QED) is 0.349. The van der Waals surface area contributed by atoms with Gasteiger partial charge in [-0.3, -0.25) is 4.79 Å². The second-order valence-electron chi connectivity index (χ2n) is 6.82. The molecular formula is C23H23N3OS. The fourth-order valence-electron chi connectivity index (χ4n) is 3.56. The topological polar surface area (TPSA) is 60.0 Å². The number of nitrogens with two attached hydrogens (primary N) is 1. The van der Waals surface area contributed by atoms with Gasteiger partial charge in [0.05, 0.1) is 5.25 Å². The molecule has 0 spiro atoms. The van der Waals surface area contributed by atoms with E-state index < -0.39 is 0 Å². The number of aryl methyl sites for hydroxylation is 1. The van der Waals surface area contributed by atoms with Gasteiger partial charge in [0.1, 0.15) is 0 Å². The van der Waals surface area contributed by atoms with Gasteiger partial charge in [-0.25, -0.2) is 0 Å². The minimum absolute atomic E-state index is 0.0222. The van der Waals surface area contributed by atoms with E-state index in [4.69, 9.17) is 5.73 Å². The maximum atomic E-state index is 12.7. The van der Waals surface area contributed by atoms with Crippen LogP contribution in [0.15, 0.2) is 71.6 Å². The number of amides is 1. The van der Waals surface area contributed by atoms with Gasteiger partial charge in [0.2, 0.25) is 5.91 Å². The summed E-state index contributed by atoms with van der Waals surface area (Å²) in [7, 11) is 0. The lowest BCUT2D eigenvalue weighted by molar-refractivity contribution is -0.115. The number of benzene rings is 3. The summed E-state index contributed by atoms with van der Waals surface area (Å²) < 4.78 is 2.30. The molecule has 142 valence electrons. The van der Waals surface area contributed by atoms with E-state index in [9.17, 15) is 4.79 Å². The van der Waals surface area contributed by atoms with Crippen LogP contribution in [0.2, 0.25) is 0 Å². The number of hydrogen-bond donors (Lipinski definition) is 2. The molecule has 1 heterocycles. The van der Waals surface area contributed by atoms with Crippen molar-refractivity contribution in [1.29, 1.82) is 0 Å². The average molecular weight is 390 g/mol. The minimum Gasteiger partial charge on any atom is -0.399 e. The highest BCUT2D eigenvalue weighted by molar-refractivity contribution is 8.00. The van der Waals surface area contributed by atoms with Crippen LogP contribution in [0, 0.1) is 0 Å². The SMILES string of the molecule is CCn1c2ccccc2c2cc(NC(=O)C(C)Sc3cccc(N)c3)ccc21. The molecule has 0 fully saturated rings. The summed E-state index contributed by atoms with van der Waals surface area (Å²) in [4.78, 5) is 13.7. The molecule has 5 heteroatoms. The van der Waals surface area contributed by atoms with Crippen LogP contribution in [0.3, 0.4) is 0 Å². The molecule has 0 aliphatic heterocycles. The molecule has 0 radical (unpaired) electrons. The molecular weight excluding hydrogens is 366 g/mol. The Morgan fingerprint density at radius 3 is 2.61 bits per heavy atom. The first kappa shape index (κ1) is 18.4. The molecule has 4 aromatic rings. The Morgan fingerprint density at radius 1 is 1.04 bits per heavy atom. The van der Waals surface area contributed by atoms with Gasteiger partial charge in [0.25, 0.3) is 0 Å². The summed E-state index contributed by atoms with van der Waals surface area (Å²) >= 11 is 1.50. The van der Waals surface area contributed by atoms with Crippen molar-refractivity contribution in [2.24, 2.45) is 0 Å². The molecule has 3 N–H and O–H groups in total. The number of rotatable bonds is 5. The average Bonchev–Trinajstić information content (AvgIpc) is 3.01. The Kier molecular flexibility index (Phi) is 5.01. The van der Waals surface area contributed by atoms with Crippen LogP contribution in [-0.2, 0) is 11.3 Å². The molecule has 0 saturated carbocycles. The zero-order valence-corrected chi connectivity index (χ0v) is 16.8. The van der Waals surface area contributed by atoms with Crippen molar-refractivity contribution < 1.29 is 4.79 Å². The fraction of sp³-hybridized carbons (Fsp3) is 0.174. The molecule has 4 nitrogen and oxygen atoms in total. The Bertz CT molecular complexity index is 1170. The van der Waals surface area contributed by atoms with E-state index in [0.717, 1.165) is 22.5 Å². The molecule has 3 aromatic carbocycles. The smallest absolute Gasteiger partial charge is 0.237 e. The normalized spacial score (nSPS) is 12.4. The van der Waals surface area contributed by atoms with Gasteiger partial charge < -0.3 is 15.6 Å². The summed E-state index contributed by atoms with van der Waals surface area (Å²) in [6.45, 7) is 4.96. The molecule has 28 heavy (non-hydrogen) atoms. The second-order valence-corrected chi connectivity index (χ2v) is 8.23. The first-order chi connectivity index (χ1) is 13.6. The van der Waals surface area contributed by atoms with Gasteiger partial charge in [0.15, 0.2) is 0 Å². The fourth-order valence-corrected chi connectivity index (χ4v) is 4.50. The zero-order valence-electron chi connectivity index (χ0n) is 16.0. The van der Waals surface area contributed by atoms with Gasteiger partial charge in [-0.15, -0.1) is 11.8 Å². The maximum Gasteiger partial charge on any atom is 0.237 e. The number of carbonyl (C=O) groups is 1. The van der Waals surface area contributed by atoms with Crippen LogP contribution in [0.5, 0.6) is 0 Å². The van der Waals surface area contributed by atoms with E-state index in [1.165, 1.54) is 28.2 Å². The highest BCUT2D eigenvalue weighted by Gasteiger charge is 2.16. The van der Waals surface area contributed by atoms with Crippen LogP contribution in [0.1, 0.15) is 13.8 Å². The molecule has 4 rings (SSSR count). The van der Waals surface area contributed by atoms with Crippen molar-refractivity contribution in [3.05, 3.63) is 66.7 Å². The zero-order chi connectivity index (χ0) is 19.7. The van der Waals surface area contributed by atoms with Crippen molar-refractivity contribution in [2.75, 3.05) is 11.1 Å². The summed E-state index contributed by atoms with van der Waals surface area (Å²) in [5.74, 6) is -0.0222. The number of carbonyl (C=O) groups excluding carboxylic acids is 1. The number of nitrogens with one attached hydrogen (secondary N) is 1. The van der Waals surface area contributed by atoms with Crippen LogP contribution in [-0.4, -0.2) is 15.7 Å². The Hall–Kier alpha value is -2.92. The van der Waals surface area contributed by atoms with Crippen molar-refractivity contribution >= 4 is 50.8 Å². The van der Waals surface area contributed by atoms with Crippen molar-refractivity contribution in [1.82, 2.24) is 4.57 Å².